The molecule has 1 aliphatic carbocycles. The van der Waals surface area contributed by atoms with Crippen LogP contribution in [0.4, 0.5) is 4.39 Å². The molecule has 0 fully saturated rings. The summed E-state index contributed by atoms with van der Waals surface area (Å²) in [4.78, 5) is 12.0. The second-order valence-corrected chi connectivity index (χ2v) is 5.96. The number of aryl methyl sites for hydroxylation is 1. The molecule has 0 heterocycles. The van der Waals surface area contributed by atoms with Crippen LogP contribution in [0.25, 0.3) is 0 Å². The normalized spacial score (nSPS) is 18.9. The molecule has 1 aliphatic rings. The first-order valence-electron chi connectivity index (χ1n) is 7.29. The minimum absolute atomic E-state index is 0.0225. The zero-order valence-corrected chi connectivity index (χ0v) is 12.4. The predicted molar refractivity (Wildman–Crippen MR) is 77.9 cm³/mol. The summed E-state index contributed by atoms with van der Waals surface area (Å²) in [5, 5.41) is 6.27. The van der Waals surface area contributed by atoms with Gasteiger partial charge < -0.3 is 5.32 Å². The van der Waals surface area contributed by atoms with Crippen LogP contribution in [0.3, 0.4) is 0 Å². The molecule has 1 aromatic rings. The van der Waals surface area contributed by atoms with E-state index >= 15 is 0 Å². The fourth-order valence-corrected chi connectivity index (χ4v) is 2.59. The lowest BCUT2D eigenvalue weighted by atomic mass is 10.1. The third-order valence-corrected chi connectivity index (χ3v) is 3.71. The van der Waals surface area contributed by atoms with Crippen LogP contribution in [-0.2, 0) is 11.2 Å². The molecule has 2 N–H and O–H groups in total. The first-order chi connectivity index (χ1) is 9.47. The van der Waals surface area contributed by atoms with Gasteiger partial charge in [-0.05, 0) is 48.9 Å². The van der Waals surface area contributed by atoms with Crippen molar-refractivity contribution in [2.45, 2.75) is 45.7 Å². The molecule has 0 aromatic heterocycles. The standard InChI is InChI=1S/C16H23FN2O/c1-10(2)9-18-16(20)11(3)19-15-7-4-12-8-13(17)5-6-14(12)15/h5-6,8,10-11,15,19H,4,7,9H2,1-3H3,(H,18,20). The highest BCUT2D eigenvalue weighted by Crippen LogP contribution is 2.31. The van der Waals surface area contributed by atoms with Crippen LogP contribution in [0, 0.1) is 11.7 Å². The molecular weight excluding hydrogens is 255 g/mol. The second kappa shape index (κ2) is 6.35. The van der Waals surface area contributed by atoms with Crippen LogP contribution in [0.2, 0.25) is 0 Å². The Bertz CT molecular complexity index is 487. The molecule has 0 saturated carbocycles. The van der Waals surface area contributed by atoms with Crippen molar-refractivity contribution in [2.75, 3.05) is 6.54 Å². The van der Waals surface area contributed by atoms with Gasteiger partial charge in [0.25, 0.3) is 0 Å². The van der Waals surface area contributed by atoms with Crippen LogP contribution in [0.1, 0.15) is 44.4 Å². The van der Waals surface area contributed by atoms with Gasteiger partial charge in [0.2, 0.25) is 5.91 Å². The van der Waals surface area contributed by atoms with Gasteiger partial charge in [0.15, 0.2) is 0 Å². The third-order valence-electron chi connectivity index (χ3n) is 3.71. The molecule has 0 aliphatic heterocycles. The van der Waals surface area contributed by atoms with Crippen molar-refractivity contribution in [3.63, 3.8) is 0 Å². The van der Waals surface area contributed by atoms with E-state index in [4.69, 9.17) is 0 Å². The van der Waals surface area contributed by atoms with Crippen molar-refractivity contribution in [1.82, 2.24) is 10.6 Å². The number of halogens is 1. The molecule has 0 spiro atoms. The van der Waals surface area contributed by atoms with E-state index in [-0.39, 0.29) is 23.8 Å². The minimum atomic E-state index is -0.241. The molecule has 20 heavy (non-hydrogen) atoms. The van der Waals surface area contributed by atoms with Crippen LogP contribution in [0.5, 0.6) is 0 Å². The highest BCUT2D eigenvalue weighted by molar-refractivity contribution is 5.81. The number of fused-ring (bicyclic) bond motifs is 1. The van der Waals surface area contributed by atoms with Gasteiger partial charge in [-0.3, -0.25) is 10.1 Å². The summed E-state index contributed by atoms with van der Waals surface area (Å²) in [5.41, 5.74) is 2.17. The third kappa shape index (κ3) is 3.57. The Kier molecular flexibility index (Phi) is 4.76. The highest BCUT2D eigenvalue weighted by Gasteiger charge is 2.25. The average molecular weight is 278 g/mol. The minimum Gasteiger partial charge on any atom is -0.354 e. The molecule has 2 unspecified atom stereocenters. The van der Waals surface area contributed by atoms with Crippen molar-refractivity contribution in [2.24, 2.45) is 5.92 Å². The van der Waals surface area contributed by atoms with Gasteiger partial charge in [-0.2, -0.15) is 0 Å². The number of rotatable bonds is 5. The van der Waals surface area contributed by atoms with Crippen LogP contribution in [-0.4, -0.2) is 18.5 Å². The molecular formula is C16H23FN2O. The fourth-order valence-electron chi connectivity index (χ4n) is 2.59. The number of carbonyl (C=O) groups is 1. The maximum atomic E-state index is 13.2. The molecule has 0 bridgehead atoms. The van der Waals surface area contributed by atoms with Gasteiger partial charge in [0.1, 0.15) is 5.82 Å². The fraction of sp³-hybridized carbons (Fsp3) is 0.562. The maximum Gasteiger partial charge on any atom is 0.236 e. The van der Waals surface area contributed by atoms with Crippen molar-refractivity contribution in [3.05, 3.63) is 35.1 Å². The SMILES string of the molecule is CC(C)CNC(=O)C(C)NC1CCc2cc(F)ccc21. The Morgan fingerprint density at radius 3 is 2.85 bits per heavy atom. The molecule has 0 radical (unpaired) electrons. The van der Waals surface area contributed by atoms with Crippen molar-refractivity contribution >= 4 is 5.91 Å². The smallest absolute Gasteiger partial charge is 0.236 e. The van der Waals surface area contributed by atoms with Crippen molar-refractivity contribution in [1.29, 1.82) is 0 Å². The first-order valence-corrected chi connectivity index (χ1v) is 7.29. The second-order valence-electron chi connectivity index (χ2n) is 5.96. The molecule has 1 amide bonds. The molecule has 1 aromatic carbocycles. The predicted octanol–water partition coefficient (Wildman–Crippen LogP) is 2.56. The van der Waals surface area contributed by atoms with E-state index in [1.165, 1.54) is 6.07 Å². The maximum absolute atomic E-state index is 13.2. The summed E-state index contributed by atoms with van der Waals surface area (Å²) >= 11 is 0. The van der Waals surface area contributed by atoms with Crippen molar-refractivity contribution in [3.8, 4) is 0 Å². The Morgan fingerprint density at radius 2 is 2.15 bits per heavy atom. The van der Waals surface area contributed by atoms with E-state index in [1.54, 1.807) is 6.07 Å². The van der Waals surface area contributed by atoms with E-state index in [9.17, 15) is 9.18 Å². The Morgan fingerprint density at radius 1 is 1.40 bits per heavy atom. The van der Waals surface area contributed by atoms with Gasteiger partial charge in [-0.1, -0.05) is 19.9 Å². The average Bonchev–Trinajstić information content (AvgIpc) is 2.78. The number of hydrogen-bond acceptors (Lipinski definition) is 2. The van der Waals surface area contributed by atoms with E-state index in [2.05, 4.69) is 24.5 Å². The van der Waals surface area contributed by atoms with E-state index in [0.29, 0.717) is 12.5 Å². The summed E-state index contributed by atoms with van der Waals surface area (Å²) in [6, 6.07) is 4.82. The Labute approximate surface area is 120 Å². The van der Waals surface area contributed by atoms with E-state index in [1.807, 2.05) is 13.0 Å². The van der Waals surface area contributed by atoms with E-state index < -0.39 is 0 Å². The monoisotopic (exact) mass is 278 g/mol. The van der Waals surface area contributed by atoms with Gasteiger partial charge in [-0.25, -0.2) is 4.39 Å². The highest BCUT2D eigenvalue weighted by atomic mass is 19.1. The van der Waals surface area contributed by atoms with Gasteiger partial charge in [-0.15, -0.1) is 0 Å². The number of amides is 1. The van der Waals surface area contributed by atoms with Crippen molar-refractivity contribution < 1.29 is 9.18 Å². The number of nitrogens with one attached hydrogen (secondary N) is 2. The van der Waals surface area contributed by atoms with Gasteiger partial charge in [0, 0.05) is 12.6 Å². The Balaban J connectivity index is 1.93. The lowest BCUT2D eigenvalue weighted by Gasteiger charge is -2.20. The molecule has 2 rings (SSSR count). The molecule has 4 heteroatoms. The van der Waals surface area contributed by atoms with Crippen LogP contribution < -0.4 is 10.6 Å². The topological polar surface area (TPSA) is 41.1 Å². The van der Waals surface area contributed by atoms with Crippen LogP contribution in [0.15, 0.2) is 18.2 Å². The van der Waals surface area contributed by atoms with E-state index in [0.717, 1.165) is 24.0 Å². The first kappa shape index (κ1) is 15.0. The van der Waals surface area contributed by atoms with Crippen LogP contribution >= 0.6 is 0 Å². The number of carbonyl (C=O) groups excluding carboxylic acids is 1. The zero-order chi connectivity index (χ0) is 14.7. The summed E-state index contributed by atoms with van der Waals surface area (Å²) in [5.74, 6) is 0.280. The van der Waals surface area contributed by atoms with Gasteiger partial charge in [0.05, 0.1) is 6.04 Å². The quantitative estimate of drug-likeness (QED) is 0.869. The summed E-state index contributed by atoms with van der Waals surface area (Å²) < 4.78 is 13.2. The molecule has 3 nitrogen and oxygen atoms in total. The lowest BCUT2D eigenvalue weighted by Crippen LogP contribution is -2.44. The largest absolute Gasteiger partial charge is 0.354 e. The number of hydrogen-bond donors (Lipinski definition) is 2. The zero-order valence-electron chi connectivity index (χ0n) is 12.4. The lowest BCUT2D eigenvalue weighted by molar-refractivity contribution is -0.123. The summed E-state index contributed by atoms with van der Waals surface area (Å²) in [7, 11) is 0. The molecule has 2 atom stereocenters. The van der Waals surface area contributed by atoms with Gasteiger partial charge >= 0.3 is 0 Å². The number of benzene rings is 1. The molecule has 110 valence electrons. The summed E-state index contributed by atoms with van der Waals surface area (Å²) in [6.45, 7) is 6.70. The molecule has 0 saturated heterocycles. The summed E-state index contributed by atoms with van der Waals surface area (Å²) in [6.07, 6.45) is 1.78. The Hall–Kier alpha value is -1.42.